The van der Waals surface area contributed by atoms with Crippen molar-refractivity contribution in [3.63, 3.8) is 0 Å². The highest BCUT2D eigenvalue weighted by Gasteiger charge is 2.46. The van der Waals surface area contributed by atoms with Crippen LogP contribution >= 0.6 is 0 Å². The molecule has 86 valence electrons. The van der Waals surface area contributed by atoms with Crippen LogP contribution in [0.15, 0.2) is 16.9 Å². The zero-order chi connectivity index (χ0) is 11.8. The van der Waals surface area contributed by atoms with Gasteiger partial charge in [-0.1, -0.05) is 0 Å². The van der Waals surface area contributed by atoms with E-state index in [4.69, 9.17) is 0 Å². The van der Waals surface area contributed by atoms with Crippen LogP contribution in [0.3, 0.4) is 0 Å². The third-order valence-electron chi connectivity index (χ3n) is 2.66. The van der Waals surface area contributed by atoms with Gasteiger partial charge in [0.25, 0.3) is 11.5 Å². The number of amides is 1. The minimum absolute atomic E-state index is 0.0230. The Morgan fingerprint density at radius 1 is 1.56 bits per heavy atom. The number of nitrogens with one attached hydrogen (secondary N) is 2. The second-order valence-corrected chi connectivity index (χ2v) is 3.94. The summed E-state index contributed by atoms with van der Waals surface area (Å²) >= 11 is 0. The molecular formula is C11H13FN2O2. The molecule has 1 aromatic rings. The topological polar surface area (TPSA) is 62.0 Å². The standard InChI is InChI=1S/C11H13FN2O2/c1-2-13-9(15)7-3-4-8(14-10(7)16)11(12)5-6-11/h3-4H,2,5-6H2,1H3,(H,13,15)(H,14,16). The maximum Gasteiger partial charge on any atom is 0.261 e. The van der Waals surface area contributed by atoms with Crippen molar-refractivity contribution in [3.8, 4) is 0 Å². The molecule has 1 saturated carbocycles. The summed E-state index contributed by atoms with van der Waals surface area (Å²) in [6, 6.07) is 2.85. The highest BCUT2D eigenvalue weighted by molar-refractivity contribution is 5.93. The predicted octanol–water partition coefficient (Wildman–Crippen LogP) is 1.08. The van der Waals surface area contributed by atoms with Gasteiger partial charge in [0.15, 0.2) is 5.67 Å². The molecule has 0 aliphatic heterocycles. The number of rotatable bonds is 3. The van der Waals surface area contributed by atoms with E-state index < -0.39 is 17.1 Å². The molecular weight excluding hydrogens is 211 g/mol. The summed E-state index contributed by atoms with van der Waals surface area (Å²) in [5.41, 5.74) is -1.62. The fraction of sp³-hybridized carbons (Fsp3) is 0.455. The van der Waals surface area contributed by atoms with Gasteiger partial charge in [-0.05, 0) is 31.9 Å². The summed E-state index contributed by atoms with van der Waals surface area (Å²) < 4.78 is 13.6. The molecule has 1 heterocycles. The number of alkyl halides is 1. The van der Waals surface area contributed by atoms with Gasteiger partial charge in [0.2, 0.25) is 0 Å². The Labute approximate surface area is 91.9 Å². The molecule has 2 N–H and O–H groups in total. The van der Waals surface area contributed by atoms with Crippen molar-refractivity contribution >= 4 is 5.91 Å². The average molecular weight is 224 g/mol. The van der Waals surface area contributed by atoms with Crippen molar-refractivity contribution in [1.82, 2.24) is 10.3 Å². The molecule has 16 heavy (non-hydrogen) atoms. The number of hydrogen-bond donors (Lipinski definition) is 2. The Morgan fingerprint density at radius 3 is 2.75 bits per heavy atom. The molecule has 0 bridgehead atoms. The minimum Gasteiger partial charge on any atom is -0.352 e. The molecule has 0 saturated heterocycles. The lowest BCUT2D eigenvalue weighted by Crippen LogP contribution is -2.30. The van der Waals surface area contributed by atoms with E-state index in [0.29, 0.717) is 19.4 Å². The van der Waals surface area contributed by atoms with E-state index in [9.17, 15) is 14.0 Å². The number of pyridine rings is 1. The van der Waals surface area contributed by atoms with E-state index in [0.717, 1.165) is 0 Å². The Morgan fingerprint density at radius 2 is 2.25 bits per heavy atom. The number of halogens is 1. The molecule has 0 spiro atoms. The Bertz CT molecular complexity index is 477. The van der Waals surface area contributed by atoms with Gasteiger partial charge in [0.1, 0.15) is 5.56 Å². The van der Waals surface area contributed by atoms with E-state index in [1.165, 1.54) is 12.1 Å². The van der Waals surface area contributed by atoms with Crippen LogP contribution in [0, 0.1) is 0 Å². The van der Waals surface area contributed by atoms with Gasteiger partial charge in [0.05, 0.1) is 5.69 Å². The number of aromatic amines is 1. The lowest BCUT2D eigenvalue weighted by Gasteiger charge is -2.06. The summed E-state index contributed by atoms with van der Waals surface area (Å²) in [7, 11) is 0. The SMILES string of the molecule is CCNC(=O)c1ccc(C2(F)CC2)[nH]c1=O. The Hall–Kier alpha value is -1.65. The summed E-state index contributed by atoms with van der Waals surface area (Å²) in [5.74, 6) is -0.431. The van der Waals surface area contributed by atoms with Crippen LogP contribution in [0.2, 0.25) is 0 Å². The van der Waals surface area contributed by atoms with E-state index in [2.05, 4.69) is 10.3 Å². The quantitative estimate of drug-likeness (QED) is 0.807. The Kier molecular flexibility index (Phi) is 2.53. The zero-order valence-electron chi connectivity index (χ0n) is 8.97. The van der Waals surface area contributed by atoms with E-state index in [-0.39, 0.29) is 11.3 Å². The van der Waals surface area contributed by atoms with Gasteiger partial charge >= 0.3 is 0 Å². The van der Waals surface area contributed by atoms with Gasteiger partial charge in [-0.2, -0.15) is 0 Å². The Balaban J connectivity index is 2.30. The smallest absolute Gasteiger partial charge is 0.261 e. The number of carbonyl (C=O) groups is 1. The molecule has 1 fully saturated rings. The molecule has 0 atom stereocenters. The van der Waals surface area contributed by atoms with Crippen LogP contribution in [0.25, 0.3) is 0 Å². The second kappa shape index (κ2) is 3.73. The van der Waals surface area contributed by atoms with Crippen LogP contribution in [0.5, 0.6) is 0 Å². The first-order valence-electron chi connectivity index (χ1n) is 5.28. The van der Waals surface area contributed by atoms with Crippen LogP contribution in [0.1, 0.15) is 35.8 Å². The molecule has 1 aromatic heterocycles. The van der Waals surface area contributed by atoms with Crippen LogP contribution in [-0.4, -0.2) is 17.4 Å². The van der Waals surface area contributed by atoms with Crippen LogP contribution < -0.4 is 10.9 Å². The number of hydrogen-bond acceptors (Lipinski definition) is 2. The average Bonchev–Trinajstić information content (AvgIpc) is 2.98. The van der Waals surface area contributed by atoms with Gasteiger partial charge in [-0.25, -0.2) is 4.39 Å². The first-order valence-corrected chi connectivity index (χ1v) is 5.28. The number of H-pyrrole nitrogens is 1. The van der Waals surface area contributed by atoms with Crippen molar-refractivity contribution in [2.45, 2.75) is 25.4 Å². The molecule has 1 aliphatic rings. The third-order valence-corrected chi connectivity index (χ3v) is 2.66. The number of aromatic nitrogens is 1. The van der Waals surface area contributed by atoms with Crippen LogP contribution in [-0.2, 0) is 5.67 Å². The second-order valence-electron chi connectivity index (χ2n) is 3.94. The van der Waals surface area contributed by atoms with Gasteiger partial charge < -0.3 is 10.3 Å². The van der Waals surface area contributed by atoms with Crippen molar-refractivity contribution in [2.75, 3.05) is 6.54 Å². The summed E-state index contributed by atoms with van der Waals surface area (Å²) in [6.07, 6.45) is 0.868. The third kappa shape index (κ3) is 1.85. The lowest BCUT2D eigenvalue weighted by molar-refractivity contribution is 0.0954. The summed E-state index contributed by atoms with van der Waals surface area (Å²) in [4.78, 5) is 25.4. The van der Waals surface area contributed by atoms with Gasteiger partial charge in [0, 0.05) is 6.54 Å². The summed E-state index contributed by atoms with van der Waals surface area (Å²) in [6.45, 7) is 2.22. The first-order chi connectivity index (χ1) is 7.57. The zero-order valence-corrected chi connectivity index (χ0v) is 8.97. The minimum atomic E-state index is -1.38. The highest BCUT2D eigenvalue weighted by atomic mass is 19.1. The van der Waals surface area contributed by atoms with E-state index >= 15 is 0 Å². The monoisotopic (exact) mass is 224 g/mol. The molecule has 5 heteroatoms. The fourth-order valence-electron chi connectivity index (χ4n) is 1.55. The molecule has 1 amide bonds. The van der Waals surface area contributed by atoms with Crippen molar-refractivity contribution < 1.29 is 9.18 Å². The largest absolute Gasteiger partial charge is 0.352 e. The van der Waals surface area contributed by atoms with Crippen LogP contribution in [0.4, 0.5) is 4.39 Å². The molecule has 2 rings (SSSR count). The molecule has 4 nitrogen and oxygen atoms in total. The highest BCUT2D eigenvalue weighted by Crippen LogP contribution is 2.48. The number of carbonyl (C=O) groups excluding carboxylic acids is 1. The van der Waals surface area contributed by atoms with Gasteiger partial charge in [-0.15, -0.1) is 0 Å². The molecule has 0 radical (unpaired) electrons. The maximum absolute atomic E-state index is 13.6. The fourth-order valence-corrected chi connectivity index (χ4v) is 1.55. The molecule has 1 aliphatic carbocycles. The van der Waals surface area contributed by atoms with Crippen molar-refractivity contribution in [1.29, 1.82) is 0 Å². The molecule has 0 aromatic carbocycles. The van der Waals surface area contributed by atoms with Crippen molar-refractivity contribution in [3.05, 3.63) is 33.7 Å². The van der Waals surface area contributed by atoms with E-state index in [1.54, 1.807) is 6.92 Å². The summed E-state index contributed by atoms with van der Waals surface area (Å²) in [5, 5.41) is 2.52. The maximum atomic E-state index is 13.6. The van der Waals surface area contributed by atoms with E-state index in [1.807, 2.05) is 0 Å². The normalized spacial score (nSPS) is 16.9. The lowest BCUT2D eigenvalue weighted by atomic mass is 10.2. The molecule has 0 unspecified atom stereocenters. The van der Waals surface area contributed by atoms with Gasteiger partial charge in [-0.3, -0.25) is 9.59 Å². The van der Waals surface area contributed by atoms with Crippen molar-refractivity contribution in [2.24, 2.45) is 0 Å². The first kappa shape index (κ1) is 10.9. The predicted molar refractivity (Wildman–Crippen MR) is 57.1 cm³/mol.